The fraction of sp³-hybridized carbons (Fsp3) is 0.438. The first-order valence-corrected chi connectivity index (χ1v) is 7.38. The molecule has 0 bridgehead atoms. The Morgan fingerprint density at radius 1 is 1.30 bits per heavy atom. The zero-order valence-corrected chi connectivity index (χ0v) is 14.0. The van der Waals surface area contributed by atoms with Gasteiger partial charge in [0.2, 0.25) is 0 Å². The van der Waals surface area contributed by atoms with Crippen molar-refractivity contribution in [2.45, 2.75) is 40.7 Å². The van der Waals surface area contributed by atoms with Gasteiger partial charge in [0.1, 0.15) is 5.76 Å². The molecule has 0 unspecified atom stereocenters. The summed E-state index contributed by atoms with van der Waals surface area (Å²) < 4.78 is 12.0. The molecule has 124 valence electrons. The van der Waals surface area contributed by atoms with Crippen LogP contribution in [-0.4, -0.2) is 34.2 Å². The second-order valence-corrected chi connectivity index (χ2v) is 5.71. The van der Waals surface area contributed by atoms with E-state index in [0.29, 0.717) is 22.8 Å². The van der Waals surface area contributed by atoms with Crippen LogP contribution in [0.3, 0.4) is 0 Å². The van der Waals surface area contributed by atoms with Gasteiger partial charge in [0, 0.05) is 23.5 Å². The van der Waals surface area contributed by atoms with E-state index in [1.54, 1.807) is 30.5 Å². The summed E-state index contributed by atoms with van der Waals surface area (Å²) in [6, 6.07) is 3.49. The van der Waals surface area contributed by atoms with Gasteiger partial charge in [-0.25, -0.2) is 4.79 Å². The standard InChI is InChI=1S/C16H21N3O4/c1-9(2)17-15(20)8-22-16(21)13-6-10(3)19(12(13)5)14-7-11(4)23-18-14/h6-7,9H,8H2,1-5H3,(H,17,20). The molecule has 7 heteroatoms. The van der Waals surface area contributed by atoms with E-state index in [-0.39, 0.29) is 18.6 Å². The number of esters is 1. The monoisotopic (exact) mass is 319 g/mol. The maximum atomic E-state index is 12.2. The molecule has 0 aliphatic heterocycles. The molecule has 1 amide bonds. The molecular weight excluding hydrogens is 298 g/mol. The van der Waals surface area contributed by atoms with Crippen molar-refractivity contribution in [2.75, 3.05) is 6.61 Å². The lowest BCUT2D eigenvalue weighted by atomic mass is 10.2. The van der Waals surface area contributed by atoms with Crippen molar-refractivity contribution in [2.24, 2.45) is 0 Å². The van der Waals surface area contributed by atoms with Crippen molar-refractivity contribution in [3.8, 4) is 5.82 Å². The number of amides is 1. The minimum absolute atomic E-state index is 0.00155. The average molecular weight is 319 g/mol. The molecule has 0 spiro atoms. The third-order valence-corrected chi connectivity index (χ3v) is 3.28. The van der Waals surface area contributed by atoms with E-state index in [1.165, 1.54) is 0 Å². The summed E-state index contributed by atoms with van der Waals surface area (Å²) in [6.07, 6.45) is 0. The largest absolute Gasteiger partial charge is 0.452 e. The fourth-order valence-electron chi connectivity index (χ4n) is 2.35. The number of hydrogen-bond acceptors (Lipinski definition) is 5. The summed E-state index contributed by atoms with van der Waals surface area (Å²) in [5, 5.41) is 6.62. The highest BCUT2D eigenvalue weighted by Crippen LogP contribution is 2.21. The van der Waals surface area contributed by atoms with Gasteiger partial charge in [0.05, 0.1) is 5.56 Å². The van der Waals surface area contributed by atoms with Crippen molar-refractivity contribution >= 4 is 11.9 Å². The van der Waals surface area contributed by atoms with Crippen molar-refractivity contribution in [1.82, 2.24) is 15.0 Å². The molecule has 0 aliphatic rings. The van der Waals surface area contributed by atoms with Gasteiger partial charge in [0.25, 0.3) is 5.91 Å². The summed E-state index contributed by atoms with van der Waals surface area (Å²) >= 11 is 0. The van der Waals surface area contributed by atoms with Gasteiger partial charge in [-0.1, -0.05) is 5.16 Å². The van der Waals surface area contributed by atoms with E-state index in [9.17, 15) is 9.59 Å². The molecule has 0 atom stereocenters. The van der Waals surface area contributed by atoms with Crippen molar-refractivity contribution in [1.29, 1.82) is 0 Å². The summed E-state index contributed by atoms with van der Waals surface area (Å²) in [7, 11) is 0. The number of nitrogens with one attached hydrogen (secondary N) is 1. The number of ether oxygens (including phenoxy) is 1. The van der Waals surface area contributed by atoms with Gasteiger partial charge in [-0.3, -0.25) is 9.36 Å². The van der Waals surface area contributed by atoms with Crippen molar-refractivity contribution in [3.63, 3.8) is 0 Å². The molecule has 0 aliphatic carbocycles. The highest BCUT2D eigenvalue weighted by atomic mass is 16.5. The molecule has 2 heterocycles. The molecule has 0 saturated heterocycles. The van der Waals surface area contributed by atoms with Gasteiger partial charge >= 0.3 is 5.97 Å². The fourth-order valence-corrected chi connectivity index (χ4v) is 2.35. The van der Waals surface area contributed by atoms with Crippen LogP contribution in [0.15, 0.2) is 16.7 Å². The Kier molecular flexibility index (Phi) is 4.88. The zero-order valence-electron chi connectivity index (χ0n) is 14.0. The average Bonchev–Trinajstić information content (AvgIpc) is 2.99. The predicted octanol–water partition coefficient (Wildman–Crippen LogP) is 2.07. The van der Waals surface area contributed by atoms with Crippen LogP contribution in [0.1, 0.15) is 41.4 Å². The van der Waals surface area contributed by atoms with E-state index >= 15 is 0 Å². The first-order valence-electron chi connectivity index (χ1n) is 7.38. The molecule has 2 aromatic heterocycles. The summed E-state index contributed by atoms with van der Waals surface area (Å²) in [5.74, 6) is 0.425. The van der Waals surface area contributed by atoms with Crippen LogP contribution in [-0.2, 0) is 9.53 Å². The molecule has 0 saturated carbocycles. The lowest BCUT2D eigenvalue weighted by molar-refractivity contribution is -0.124. The summed E-state index contributed by atoms with van der Waals surface area (Å²) in [6.45, 7) is 8.83. The van der Waals surface area contributed by atoms with Gasteiger partial charge in [-0.2, -0.15) is 0 Å². The molecule has 23 heavy (non-hydrogen) atoms. The summed E-state index contributed by atoms with van der Waals surface area (Å²) in [5.41, 5.74) is 1.92. The highest BCUT2D eigenvalue weighted by Gasteiger charge is 2.20. The van der Waals surface area contributed by atoms with Gasteiger partial charge in [-0.05, 0) is 40.7 Å². The number of hydrogen-bond donors (Lipinski definition) is 1. The van der Waals surface area contributed by atoms with E-state index in [1.807, 2.05) is 20.8 Å². The number of carbonyl (C=O) groups excluding carboxylic acids is 2. The quantitative estimate of drug-likeness (QED) is 0.853. The first-order chi connectivity index (χ1) is 10.8. The Bertz CT molecular complexity index is 728. The molecule has 0 fully saturated rings. The number of rotatable bonds is 5. The van der Waals surface area contributed by atoms with E-state index in [0.717, 1.165) is 5.69 Å². The lowest BCUT2D eigenvalue weighted by Crippen LogP contribution is -2.34. The Hall–Kier alpha value is -2.57. The van der Waals surface area contributed by atoms with Crippen LogP contribution in [0.2, 0.25) is 0 Å². The molecule has 7 nitrogen and oxygen atoms in total. The summed E-state index contributed by atoms with van der Waals surface area (Å²) in [4.78, 5) is 23.8. The SMILES string of the molecule is Cc1cc(-n2c(C)cc(C(=O)OCC(=O)NC(C)C)c2C)no1. The van der Waals surface area contributed by atoms with Crippen LogP contribution in [0.25, 0.3) is 5.82 Å². The molecule has 1 N–H and O–H groups in total. The topological polar surface area (TPSA) is 86.4 Å². The van der Waals surface area contributed by atoms with Crippen molar-refractivity contribution in [3.05, 3.63) is 34.8 Å². The van der Waals surface area contributed by atoms with E-state index in [2.05, 4.69) is 10.5 Å². The van der Waals surface area contributed by atoms with E-state index in [4.69, 9.17) is 9.26 Å². The second-order valence-electron chi connectivity index (χ2n) is 5.71. The van der Waals surface area contributed by atoms with Crippen molar-refractivity contribution < 1.29 is 18.8 Å². The Balaban J connectivity index is 2.15. The maximum absolute atomic E-state index is 12.2. The van der Waals surface area contributed by atoms with Crippen LogP contribution in [0.4, 0.5) is 0 Å². The van der Waals surface area contributed by atoms with E-state index < -0.39 is 5.97 Å². The van der Waals surface area contributed by atoms with Gasteiger partial charge in [-0.15, -0.1) is 0 Å². The number of carbonyl (C=O) groups is 2. The molecular formula is C16H21N3O4. The second kappa shape index (κ2) is 6.68. The Morgan fingerprint density at radius 2 is 2.00 bits per heavy atom. The maximum Gasteiger partial charge on any atom is 0.340 e. The minimum Gasteiger partial charge on any atom is -0.452 e. The number of nitrogens with zero attached hydrogens (tertiary/aromatic N) is 2. The van der Waals surface area contributed by atoms with Crippen LogP contribution < -0.4 is 5.32 Å². The number of aromatic nitrogens is 2. The number of aryl methyl sites for hydroxylation is 2. The van der Waals surface area contributed by atoms with Crippen LogP contribution in [0.5, 0.6) is 0 Å². The normalized spacial score (nSPS) is 10.9. The molecule has 2 aromatic rings. The predicted molar refractivity (Wildman–Crippen MR) is 83.6 cm³/mol. The Morgan fingerprint density at radius 3 is 2.57 bits per heavy atom. The lowest BCUT2D eigenvalue weighted by Gasteiger charge is -2.09. The molecule has 0 aromatic carbocycles. The first kappa shape index (κ1) is 16.8. The van der Waals surface area contributed by atoms with Crippen LogP contribution >= 0.6 is 0 Å². The minimum atomic E-state index is -0.538. The zero-order chi connectivity index (χ0) is 17.1. The van der Waals surface area contributed by atoms with Crippen LogP contribution in [0, 0.1) is 20.8 Å². The van der Waals surface area contributed by atoms with Gasteiger partial charge < -0.3 is 14.6 Å². The molecule has 0 radical (unpaired) electrons. The third kappa shape index (κ3) is 3.80. The van der Waals surface area contributed by atoms with Gasteiger partial charge in [0.15, 0.2) is 12.4 Å². The third-order valence-electron chi connectivity index (χ3n) is 3.28. The smallest absolute Gasteiger partial charge is 0.340 e. The molecule has 2 rings (SSSR count). The Labute approximate surface area is 134 Å². The highest BCUT2D eigenvalue weighted by molar-refractivity contribution is 5.93.